The van der Waals surface area contributed by atoms with Crippen molar-refractivity contribution in [1.82, 2.24) is 9.80 Å². The molecule has 3 heterocycles. The molecule has 2 aliphatic rings. The van der Waals surface area contributed by atoms with Gasteiger partial charge in [-0.2, -0.15) is 0 Å². The highest BCUT2D eigenvalue weighted by molar-refractivity contribution is 7.18. The lowest BCUT2D eigenvalue weighted by Gasteiger charge is -2.29. The summed E-state index contributed by atoms with van der Waals surface area (Å²) < 4.78 is 5.83. The molecule has 8 nitrogen and oxygen atoms in total. The van der Waals surface area contributed by atoms with Crippen LogP contribution < -0.4 is 5.32 Å². The Kier molecular flexibility index (Phi) is 6.86. The number of ether oxygens (including phenoxy) is 1. The quantitative estimate of drug-likeness (QED) is 0.285. The minimum Gasteiger partial charge on any atom is -0.378 e. The fourth-order valence-electron chi connectivity index (χ4n) is 4.29. The first-order valence-corrected chi connectivity index (χ1v) is 12.6. The van der Waals surface area contributed by atoms with Gasteiger partial charge < -0.3 is 15.0 Å². The van der Waals surface area contributed by atoms with Gasteiger partial charge >= 0.3 is 0 Å². The van der Waals surface area contributed by atoms with Gasteiger partial charge in [-0.05, 0) is 35.4 Å². The minimum atomic E-state index is -0.451. The molecule has 36 heavy (non-hydrogen) atoms. The van der Waals surface area contributed by atoms with Gasteiger partial charge in [-0.25, -0.2) is 0 Å². The van der Waals surface area contributed by atoms with Crippen LogP contribution in [0.1, 0.15) is 41.5 Å². The Morgan fingerprint density at radius 3 is 2.42 bits per heavy atom. The van der Waals surface area contributed by atoms with Crippen molar-refractivity contribution in [3.8, 4) is 0 Å². The van der Waals surface area contributed by atoms with E-state index < -0.39 is 17.7 Å². The molecule has 2 aromatic carbocycles. The van der Waals surface area contributed by atoms with Crippen molar-refractivity contribution in [2.24, 2.45) is 0 Å². The Labute approximate surface area is 216 Å². The van der Waals surface area contributed by atoms with Crippen LogP contribution in [0.25, 0.3) is 0 Å². The third kappa shape index (κ3) is 4.90. The minimum absolute atomic E-state index is 0.113. The highest BCUT2D eigenvalue weighted by Crippen LogP contribution is 2.31. The second-order valence-corrected chi connectivity index (χ2v) is 10.2. The largest absolute Gasteiger partial charge is 0.378 e. The Morgan fingerprint density at radius 1 is 1.00 bits per heavy atom. The molecule has 0 radical (unpaired) electrons. The summed E-state index contributed by atoms with van der Waals surface area (Å²) in [7, 11) is 0. The number of amidine groups is 1. The van der Waals surface area contributed by atoms with Crippen molar-refractivity contribution in [1.29, 1.82) is 5.41 Å². The molecule has 0 aliphatic carbocycles. The molecule has 0 atom stereocenters. The predicted molar refractivity (Wildman–Crippen MR) is 138 cm³/mol. The normalized spacial score (nSPS) is 15.2. The molecule has 0 bridgehead atoms. The van der Waals surface area contributed by atoms with E-state index in [0.29, 0.717) is 40.4 Å². The number of carbonyl (C=O) groups is 3. The number of fused-ring (bicyclic) bond motifs is 1. The highest BCUT2D eigenvalue weighted by Gasteiger charge is 2.37. The van der Waals surface area contributed by atoms with Crippen LogP contribution in [0.15, 0.2) is 54.6 Å². The topological polar surface area (TPSA) is 103 Å². The molecule has 10 heteroatoms. The second kappa shape index (κ2) is 10.2. The first-order chi connectivity index (χ1) is 17.4. The van der Waals surface area contributed by atoms with E-state index in [2.05, 4.69) is 5.32 Å². The summed E-state index contributed by atoms with van der Waals surface area (Å²) in [6.45, 7) is 2.83. The molecule has 3 amide bonds. The Morgan fingerprint density at radius 2 is 1.72 bits per heavy atom. The first-order valence-electron chi connectivity index (χ1n) is 11.4. The summed E-state index contributed by atoms with van der Waals surface area (Å²) in [4.78, 5) is 42.5. The fraction of sp³-hybridized carbons (Fsp3) is 0.231. The van der Waals surface area contributed by atoms with Crippen LogP contribution in [0.4, 0.5) is 5.69 Å². The average molecular weight is 523 g/mol. The number of imide groups is 1. The van der Waals surface area contributed by atoms with Gasteiger partial charge in [0.25, 0.3) is 17.7 Å². The monoisotopic (exact) mass is 522 g/mol. The third-order valence-electron chi connectivity index (χ3n) is 6.17. The molecule has 1 aromatic heterocycles. The molecule has 0 unspecified atom stereocenters. The molecule has 2 N–H and O–H groups in total. The van der Waals surface area contributed by atoms with Crippen molar-refractivity contribution in [2.45, 2.75) is 13.0 Å². The molecule has 3 aromatic rings. The lowest BCUT2D eigenvalue weighted by Crippen LogP contribution is -2.41. The van der Waals surface area contributed by atoms with Crippen molar-refractivity contribution in [2.75, 3.05) is 31.6 Å². The molecule has 2 aliphatic heterocycles. The summed E-state index contributed by atoms with van der Waals surface area (Å²) in [5.74, 6) is -0.695. The van der Waals surface area contributed by atoms with Gasteiger partial charge in [-0.1, -0.05) is 41.9 Å². The molecular formula is C26H23ClN4O4S. The van der Waals surface area contributed by atoms with E-state index in [1.165, 1.54) is 4.90 Å². The van der Waals surface area contributed by atoms with Gasteiger partial charge in [0.15, 0.2) is 0 Å². The Hall–Kier alpha value is -3.53. The maximum absolute atomic E-state index is 13.2. The van der Waals surface area contributed by atoms with E-state index in [-0.39, 0.29) is 17.7 Å². The summed E-state index contributed by atoms with van der Waals surface area (Å²) in [5, 5.41) is 11.1. The fourth-order valence-corrected chi connectivity index (χ4v) is 5.22. The zero-order chi connectivity index (χ0) is 25.2. The Balaban J connectivity index is 1.27. The third-order valence-corrected chi connectivity index (χ3v) is 7.40. The molecule has 1 saturated heterocycles. The second-order valence-electron chi connectivity index (χ2n) is 8.52. The smallest absolute Gasteiger partial charge is 0.265 e. The van der Waals surface area contributed by atoms with Gasteiger partial charge in [-0.3, -0.25) is 24.7 Å². The summed E-state index contributed by atoms with van der Waals surface area (Å²) >= 11 is 7.06. The summed E-state index contributed by atoms with van der Waals surface area (Å²) in [6, 6.07) is 15.7. The van der Waals surface area contributed by atoms with Crippen molar-refractivity contribution in [3.63, 3.8) is 0 Å². The summed E-state index contributed by atoms with van der Waals surface area (Å²) in [6.07, 6.45) is 0.506. The van der Waals surface area contributed by atoms with E-state index in [0.717, 1.165) is 35.6 Å². The number of amides is 3. The Bertz CT molecular complexity index is 1350. The van der Waals surface area contributed by atoms with Crippen LogP contribution in [-0.2, 0) is 17.7 Å². The van der Waals surface area contributed by atoms with Gasteiger partial charge in [0.05, 0.1) is 45.8 Å². The standard InChI is InChI=1S/C26H23ClN4O4S/c27-21-9-8-20(36-21)24(32)29-19-3-1-2-18-23(19)26(34)31(25(18)33)15-17-6-4-16(5-7-17)14-22(28)30-10-12-35-13-11-30/h1-9,28H,10-15H2,(H,29,32). The molecule has 184 valence electrons. The van der Waals surface area contributed by atoms with Gasteiger partial charge in [0, 0.05) is 19.5 Å². The number of hydrogen-bond acceptors (Lipinski definition) is 6. The maximum atomic E-state index is 13.2. The SMILES string of the molecule is N=C(Cc1ccc(CN2C(=O)c3cccc(NC(=O)c4ccc(Cl)s4)c3C2=O)cc1)N1CCOCC1. The van der Waals surface area contributed by atoms with E-state index in [4.69, 9.17) is 21.7 Å². The van der Waals surface area contributed by atoms with E-state index in [9.17, 15) is 14.4 Å². The molecule has 0 spiro atoms. The lowest BCUT2D eigenvalue weighted by atomic mass is 10.1. The van der Waals surface area contributed by atoms with Crippen LogP contribution in [-0.4, -0.2) is 59.7 Å². The number of hydrogen-bond donors (Lipinski definition) is 2. The molecular weight excluding hydrogens is 500 g/mol. The molecule has 5 rings (SSSR count). The predicted octanol–water partition coefficient (Wildman–Crippen LogP) is 4.30. The zero-order valence-electron chi connectivity index (χ0n) is 19.3. The molecule has 0 saturated carbocycles. The number of nitrogens with one attached hydrogen (secondary N) is 2. The lowest BCUT2D eigenvalue weighted by molar-refractivity contribution is 0.0642. The molecule has 1 fully saturated rings. The maximum Gasteiger partial charge on any atom is 0.265 e. The average Bonchev–Trinajstić information content (AvgIpc) is 3.43. The van der Waals surface area contributed by atoms with E-state index >= 15 is 0 Å². The number of halogens is 1. The van der Waals surface area contributed by atoms with Crippen molar-refractivity contribution >= 4 is 52.2 Å². The number of thiophene rings is 1. The van der Waals surface area contributed by atoms with Crippen LogP contribution in [0.2, 0.25) is 4.34 Å². The van der Waals surface area contributed by atoms with E-state index in [1.54, 1.807) is 30.3 Å². The van der Waals surface area contributed by atoms with Gasteiger partial charge in [0.2, 0.25) is 0 Å². The van der Waals surface area contributed by atoms with Gasteiger partial charge in [0.1, 0.15) is 5.84 Å². The number of carbonyl (C=O) groups excluding carboxylic acids is 3. The van der Waals surface area contributed by atoms with E-state index in [1.807, 2.05) is 29.2 Å². The summed E-state index contributed by atoms with van der Waals surface area (Å²) in [5.41, 5.74) is 2.52. The van der Waals surface area contributed by atoms with Gasteiger partial charge in [-0.15, -0.1) is 11.3 Å². The number of morpholine rings is 1. The van der Waals surface area contributed by atoms with Crippen LogP contribution >= 0.6 is 22.9 Å². The van der Waals surface area contributed by atoms with Crippen molar-refractivity contribution in [3.05, 3.63) is 86.1 Å². The van der Waals surface area contributed by atoms with Crippen LogP contribution in [0, 0.1) is 5.41 Å². The first kappa shape index (κ1) is 24.2. The highest BCUT2D eigenvalue weighted by atomic mass is 35.5. The van der Waals surface area contributed by atoms with Crippen LogP contribution in [0.5, 0.6) is 0 Å². The number of anilines is 1. The van der Waals surface area contributed by atoms with Crippen molar-refractivity contribution < 1.29 is 19.1 Å². The van der Waals surface area contributed by atoms with Crippen LogP contribution in [0.3, 0.4) is 0 Å². The number of rotatable bonds is 6. The number of nitrogens with zero attached hydrogens (tertiary/aromatic N) is 2. The number of benzene rings is 2. The zero-order valence-corrected chi connectivity index (χ0v) is 20.8.